The highest BCUT2D eigenvalue weighted by atomic mass is 16.5. The Labute approximate surface area is 102 Å². The number of hydrogen-bond acceptors (Lipinski definition) is 4. The molecule has 0 aromatic heterocycles. The first-order valence-corrected chi connectivity index (χ1v) is 5.61. The lowest BCUT2D eigenvalue weighted by Gasteiger charge is -2.20. The molecule has 0 radical (unpaired) electrons. The molecule has 1 unspecified atom stereocenters. The first-order valence-electron chi connectivity index (χ1n) is 5.61. The predicted octanol–water partition coefficient (Wildman–Crippen LogP) is 1.48. The van der Waals surface area contributed by atoms with Crippen molar-refractivity contribution in [1.29, 1.82) is 0 Å². The van der Waals surface area contributed by atoms with Gasteiger partial charge in [0.15, 0.2) is 0 Å². The SMILES string of the molecule is COc1cccc(C(O)COCC(C)(C)N)c1. The summed E-state index contributed by atoms with van der Waals surface area (Å²) in [4.78, 5) is 0. The van der Waals surface area contributed by atoms with Gasteiger partial charge in [-0.25, -0.2) is 0 Å². The minimum absolute atomic E-state index is 0.230. The summed E-state index contributed by atoms with van der Waals surface area (Å²) < 4.78 is 10.5. The van der Waals surface area contributed by atoms with E-state index in [9.17, 15) is 5.11 Å². The number of benzene rings is 1. The van der Waals surface area contributed by atoms with Crippen molar-refractivity contribution in [2.24, 2.45) is 5.73 Å². The minimum Gasteiger partial charge on any atom is -0.497 e. The molecule has 0 fully saturated rings. The zero-order valence-corrected chi connectivity index (χ0v) is 10.6. The maximum Gasteiger partial charge on any atom is 0.119 e. The maximum absolute atomic E-state index is 9.92. The van der Waals surface area contributed by atoms with E-state index in [-0.39, 0.29) is 12.1 Å². The molecule has 17 heavy (non-hydrogen) atoms. The lowest BCUT2D eigenvalue weighted by atomic mass is 10.1. The molecule has 0 spiro atoms. The Morgan fingerprint density at radius 1 is 1.41 bits per heavy atom. The molecular weight excluding hydrogens is 218 g/mol. The van der Waals surface area contributed by atoms with Crippen LogP contribution in [0.3, 0.4) is 0 Å². The summed E-state index contributed by atoms with van der Waals surface area (Å²) in [5.74, 6) is 0.723. The first-order chi connectivity index (χ1) is 7.92. The molecule has 3 N–H and O–H groups in total. The Morgan fingerprint density at radius 3 is 2.71 bits per heavy atom. The first kappa shape index (κ1) is 14.0. The number of rotatable bonds is 6. The average Bonchev–Trinajstić information content (AvgIpc) is 2.27. The van der Waals surface area contributed by atoms with Gasteiger partial charge in [-0.05, 0) is 31.5 Å². The topological polar surface area (TPSA) is 64.7 Å². The van der Waals surface area contributed by atoms with Gasteiger partial charge in [0.1, 0.15) is 11.9 Å². The quantitative estimate of drug-likeness (QED) is 0.789. The lowest BCUT2D eigenvalue weighted by Crippen LogP contribution is -2.37. The Kier molecular flexibility index (Phi) is 4.93. The van der Waals surface area contributed by atoms with Gasteiger partial charge in [0.05, 0.1) is 20.3 Å². The minimum atomic E-state index is -0.660. The number of hydrogen-bond donors (Lipinski definition) is 2. The highest BCUT2D eigenvalue weighted by molar-refractivity contribution is 5.29. The molecule has 4 nitrogen and oxygen atoms in total. The molecule has 96 valence electrons. The van der Waals surface area contributed by atoms with Crippen molar-refractivity contribution in [1.82, 2.24) is 0 Å². The van der Waals surface area contributed by atoms with Crippen LogP contribution in [0.15, 0.2) is 24.3 Å². The molecule has 4 heteroatoms. The number of aliphatic hydroxyl groups is 1. The van der Waals surface area contributed by atoms with E-state index >= 15 is 0 Å². The fourth-order valence-corrected chi connectivity index (χ4v) is 1.38. The van der Waals surface area contributed by atoms with E-state index in [2.05, 4.69) is 0 Å². The Balaban J connectivity index is 2.49. The van der Waals surface area contributed by atoms with E-state index in [0.717, 1.165) is 11.3 Å². The van der Waals surface area contributed by atoms with Crippen LogP contribution in [0.5, 0.6) is 5.75 Å². The molecule has 1 atom stereocenters. The van der Waals surface area contributed by atoms with Gasteiger partial charge in [-0.3, -0.25) is 0 Å². The third-order valence-corrected chi connectivity index (χ3v) is 2.23. The van der Waals surface area contributed by atoms with Crippen molar-refractivity contribution in [3.05, 3.63) is 29.8 Å². The Hall–Kier alpha value is -1.10. The van der Waals surface area contributed by atoms with Gasteiger partial charge < -0.3 is 20.3 Å². The molecule has 1 aromatic rings. The summed E-state index contributed by atoms with van der Waals surface area (Å²) in [6.07, 6.45) is -0.660. The second-order valence-corrected chi connectivity index (χ2v) is 4.80. The fraction of sp³-hybridized carbons (Fsp3) is 0.538. The van der Waals surface area contributed by atoms with E-state index in [1.807, 2.05) is 32.0 Å². The lowest BCUT2D eigenvalue weighted by molar-refractivity contribution is 0.0194. The van der Waals surface area contributed by atoms with Crippen LogP contribution >= 0.6 is 0 Å². The summed E-state index contributed by atoms with van der Waals surface area (Å²) >= 11 is 0. The van der Waals surface area contributed by atoms with Crippen LogP contribution < -0.4 is 10.5 Å². The third-order valence-electron chi connectivity index (χ3n) is 2.23. The Morgan fingerprint density at radius 2 is 2.12 bits per heavy atom. The summed E-state index contributed by atoms with van der Waals surface area (Å²) in [5, 5.41) is 9.92. The molecule has 0 saturated heterocycles. The summed E-state index contributed by atoms with van der Waals surface area (Å²) in [7, 11) is 1.60. The normalized spacial score (nSPS) is 13.5. The number of ether oxygens (including phenoxy) is 2. The van der Waals surface area contributed by atoms with Gasteiger partial charge in [-0.15, -0.1) is 0 Å². The summed E-state index contributed by atoms with van der Waals surface area (Å²) in [5.41, 5.74) is 6.18. The van der Waals surface area contributed by atoms with Gasteiger partial charge in [-0.1, -0.05) is 12.1 Å². The summed E-state index contributed by atoms with van der Waals surface area (Å²) in [6.45, 7) is 4.40. The maximum atomic E-state index is 9.92. The highest BCUT2D eigenvalue weighted by Gasteiger charge is 2.13. The van der Waals surface area contributed by atoms with Gasteiger partial charge in [0.2, 0.25) is 0 Å². The molecule has 0 amide bonds. The van der Waals surface area contributed by atoms with Crippen LogP contribution in [0, 0.1) is 0 Å². The number of nitrogens with two attached hydrogens (primary N) is 1. The molecule has 0 aliphatic rings. The molecule has 1 rings (SSSR count). The molecule has 0 saturated carbocycles. The fourth-order valence-electron chi connectivity index (χ4n) is 1.38. The second-order valence-electron chi connectivity index (χ2n) is 4.80. The van der Waals surface area contributed by atoms with E-state index in [0.29, 0.717) is 6.61 Å². The second kappa shape index (κ2) is 6.00. The molecule has 0 bridgehead atoms. The third kappa shape index (κ3) is 5.17. The zero-order valence-electron chi connectivity index (χ0n) is 10.6. The van der Waals surface area contributed by atoms with E-state index in [1.54, 1.807) is 13.2 Å². The van der Waals surface area contributed by atoms with E-state index in [1.165, 1.54) is 0 Å². The molecule has 1 aromatic carbocycles. The van der Waals surface area contributed by atoms with E-state index in [4.69, 9.17) is 15.2 Å². The van der Waals surface area contributed by atoms with Crippen LogP contribution in [0.1, 0.15) is 25.5 Å². The van der Waals surface area contributed by atoms with Crippen LogP contribution in [-0.2, 0) is 4.74 Å². The van der Waals surface area contributed by atoms with Gasteiger partial charge in [0.25, 0.3) is 0 Å². The van der Waals surface area contributed by atoms with Gasteiger partial charge >= 0.3 is 0 Å². The average molecular weight is 239 g/mol. The monoisotopic (exact) mass is 239 g/mol. The molecular formula is C13H21NO3. The van der Waals surface area contributed by atoms with Gasteiger partial charge in [0, 0.05) is 5.54 Å². The number of aliphatic hydroxyl groups excluding tert-OH is 1. The van der Waals surface area contributed by atoms with Crippen LogP contribution in [-0.4, -0.2) is 31.0 Å². The predicted molar refractivity (Wildman–Crippen MR) is 67.0 cm³/mol. The van der Waals surface area contributed by atoms with Crippen molar-refractivity contribution in [2.45, 2.75) is 25.5 Å². The smallest absolute Gasteiger partial charge is 0.119 e. The van der Waals surface area contributed by atoms with Crippen molar-refractivity contribution in [2.75, 3.05) is 20.3 Å². The van der Waals surface area contributed by atoms with E-state index < -0.39 is 6.10 Å². The van der Waals surface area contributed by atoms with Crippen molar-refractivity contribution < 1.29 is 14.6 Å². The zero-order chi connectivity index (χ0) is 12.9. The molecule has 0 aliphatic heterocycles. The largest absolute Gasteiger partial charge is 0.497 e. The van der Waals surface area contributed by atoms with Crippen LogP contribution in [0.25, 0.3) is 0 Å². The number of methoxy groups -OCH3 is 1. The summed E-state index contributed by atoms with van der Waals surface area (Å²) in [6, 6.07) is 7.30. The Bertz CT molecular complexity index is 347. The standard InChI is InChI=1S/C13H21NO3/c1-13(2,14)9-17-8-12(15)10-5-4-6-11(7-10)16-3/h4-7,12,15H,8-9,14H2,1-3H3. The van der Waals surface area contributed by atoms with Crippen molar-refractivity contribution in [3.8, 4) is 5.75 Å². The van der Waals surface area contributed by atoms with Gasteiger partial charge in [-0.2, -0.15) is 0 Å². The molecule has 0 heterocycles. The van der Waals surface area contributed by atoms with Crippen LogP contribution in [0.2, 0.25) is 0 Å². The molecule has 0 aliphatic carbocycles. The van der Waals surface area contributed by atoms with Crippen molar-refractivity contribution >= 4 is 0 Å². The highest BCUT2D eigenvalue weighted by Crippen LogP contribution is 2.19. The van der Waals surface area contributed by atoms with Crippen molar-refractivity contribution in [3.63, 3.8) is 0 Å². The van der Waals surface area contributed by atoms with Crippen LogP contribution in [0.4, 0.5) is 0 Å².